The average Bonchev–Trinajstić information content (AvgIpc) is 3.07. The Morgan fingerprint density at radius 2 is 2.18 bits per heavy atom. The Bertz CT molecular complexity index is 668. The van der Waals surface area contributed by atoms with Crippen LogP contribution in [0.1, 0.15) is 34.3 Å². The first-order valence-corrected chi connectivity index (χ1v) is 9.18. The quantitative estimate of drug-likeness (QED) is 0.805. The summed E-state index contributed by atoms with van der Waals surface area (Å²) in [4.78, 5) is 25.1. The van der Waals surface area contributed by atoms with Crippen LogP contribution in [-0.2, 0) is 19.7 Å². The van der Waals surface area contributed by atoms with E-state index in [1.807, 2.05) is 11.6 Å². The molecule has 1 aliphatic rings. The zero-order valence-corrected chi connectivity index (χ0v) is 14.0. The van der Waals surface area contributed by atoms with Gasteiger partial charge in [-0.1, -0.05) is 0 Å². The molecule has 7 nitrogen and oxygen atoms in total. The number of hydrogen-bond donors (Lipinski definition) is 1. The van der Waals surface area contributed by atoms with Crippen LogP contribution in [0.25, 0.3) is 0 Å². The van der Waals surface area contributed by atoms with Crippen LogP contribution in [-0.4, -0.2) is 43.8 Å². The fraction of sp³-hybridized carbons (Fsp3) is 0.538. The molecule has 2 rings (SSSR count). The number of carbonyl (C=O) groups excluding carboxylic acids is 2. The van der Waals surface area contributed by atoms with Gasteiger partial charge in [0.1, 0.15) is 6.04 Å². The molecular weight excluding hydrogens is 328 g/mol. The van der Waals surface area contributed by atoms with Crippen molar-refractivity contribution in [2.75, 3.05) is 13.2 Å². The molecule has 22 heavy (non-hydrogen) atoms. The normalized spacial score (nSPS) is 19.1. The Hall–Kier alpha value is -1.45. The van der Waals surface area contributed by atoms with E-state index >= 15 is 0 Å². The molecule has 1 unspecified atom stereocenters. The summed E-state index contributed by atoms with van der Waals surface area (Å²) in [5.74, 6) is -1.27. The lowest BCUT2D eigenvalue weighted by Crippen LogP contribution is -2.48. The maximum atomic E-state index is 12.3. The van der Waals surface area contributed by atoms with Gasteiger partial charge in [0.25, 0.3) is 5.91 Å². The van der Waals surface area contributed by atoms with Crippen LogP contribution in [0, 0.1) is 6.92 Å². The maximum Gasteiger partial charge on any atom is 0.324 e. The molecular formula is C13H18N2O5S2. The third-order valence-corrected chi connectivity index (χ3v) is 5.75. The first kappa shape index (κ1) is 16.9. The van der Waals surface area contributed by atoms with Gasteiger partial charge in [-0.05, 0) is 38.8 Å². The second kappa shape index (κ2) is 6.76. The van der Waals surface area contributed by atoms with Gasteiger partial charge in [-0.25, -0.2) is 4.72 Å². The summed E-state index contributed by atoms with van der Waals surface area (Å²) in [6.45, 7) is 3.86. The van der Waals surface area contributed by atoms with Crippen LogP contribution in [0.15, 0.2) is 12.1 Å². The molecule has 0 bridgehead atoms. The van der Waals surface area contributed by atoms with E-state index in [2.05, 4.69) is 0 Å². The second-order valence-electron chi connectivity index (χ2n) is 4.87. The van der Waals surface area contributed by atoms with E-state index in [-0.39, 0.29) is 13.2 Å². The number of ether oxygens (including phenoxy) is 1. The zero-order chi connectivity index (χ0) is 16.3. The van der Waals surface area contributed by atoms with Gasteiger partial charge in [-0.2, -0.15) is 12.7 Å². The standard InChI is InChI=1S/C13H18N2O5S2/c1-3-20-13(17)10-5-4-8-15(10)22(18,19)14-12(16)11-7-6-9(2)21-11/h6-7,10H,3-5,8H2,1-2H3,(H,14,16). The number of nitrogens with one attached hydrogen (secondary N) is 1. The average molecular weight is 346 g/mol. The van der Waals surface area contributed by atoms with E-state index in [0.717, 1.165) is 9.18 Å². The van der Waals surface area contributed by atoms with Gasteiger partial charge in [0, 0.05) is 11.4 Å². The third-order valence-electron chi connectivity index (χ3n) is 3.26. The van der Waals surface area contributed by atoms with Crippen LogP contribution in [0.3, 0.4) is 0 Å². The van der Waals surface area contributed by atoms with Crippen molar-refractivity contribution in [2.24, 2.45) is 0 Å². The zero-order valence-electron chi connectivity index (χ0n) is 12.4. The summed E-state index contributed by atoms with van der Waals surface area (Å²) in [5.41, 5.74) is 0. The van der Waals surface area contributed by atoms with E-state index in [9.17, 15) is 18.0 Å². The van der Waals surface area contributed by atoms with Crippen molar-refractivity contribution < 1.29 is 22.7 Å². The summed E-state index contributed by atoms with van der Waals surface area (Å²) in [6.07, 6.45) is 0.947. The molecule has 1 saturated heterocycles. The third kappa shape index (κ3) is 3.65. The number of amides is 1. The second-order valence-corrected chi connectivity index (χ2v) is 7.78. The van der Waals surface area contributed by atoms with Crippen molar-refractivity contribution in [2.45, 2.75) is 32.7 Å². The minimum atomic E-state index is -4.07. The molecule has 1 fully saturated rings. The van der Waals surface area contributed by atoms with Crippen LogP contribution in [0.4, 0.5) is 0 Å². The fourth-order valence-electron chi connectivity index (χ4n) is 2.28. The van der Waals surface area contributed by atoms with E-state index in [1.54, 1.807) is 19.1 Å². The lowest BCUT2D eigenvalue weighted by atomic mass is 10.2. The molecule has 1 N–H and O–H groups in total. The van der Waals surface area contributed by atoms with Gasteiger partial charge in [-0.15, -0.1) is 11.3 Å². The summed E-state index contributed by atoms with van der Waals surface area (Å²) < 4.78 is 32.6. The van der Waals surface area contributed by atoms with Crippen LogP contribution in [0.5, 0.6) is 0 Å². The monoisotopic (exact) mass is 346 g/mol. The Morgan fingerprint density at radius 3 is 2.77 bits per heavy atom. The summed E-state index contributed by atoms with van der Waals surface area (Å²) in [7, 11) is -4.07. The van der Waals surface area contributed by atoms with Crippen molar-refractivity contribution in [1.82, 2.24) is 9.03 Å². The Morgan fingerprint density at radius 1 is 1.45 bits per heavy atom. The van der Waals surface area contributed by atoms with Crippen LogP contribution in [0.2, 0.25) is 0 Å². The topological polar surface area (TPSA) is 92.8 Å². The van der Waals surface area contributed by atoms with Crippen molar-refractivity contribution in [1.29, 1.82) is 0 Å². The van der Waals surface area contributed by atoms with E-state index in [4.69, 9.17) is 4.74 Å². The van der Waals surface area contributed by atoms with Gasteiger partial charge in [-0.3, -0.25) is 9.59 Å². The number of esters is 1. The largest absolute Gasteiger partial charge is 0.465 e. The molecule has 0 spiro atoms. The molecule has 1 aromatic rings. The highest BCUT2D eigenvalue weighted by Crippen LogP contribution is 2.22. The molecule has 1 atom stereocenters. The first-order valence-electron chi connectivity index (χ1n) is 6.92. The highest BCUT2D eigenvalue weighted by Gasteiger charge is 2.40. The Balaban J connectivity index is 2.12. The maximum absolute atomic E-state index is 12.3. The Kier molecular flexibility index (Phi) is 5.20. The SMILES string of the molecule is CCOC(=O)C1CCCN1S(=O)(=O)NC(=O)c1ccc(C)s1. The molecule has 122 valence electrons. The summed E-state index contributed by atoms with van der Waals surface area (Å²) >= 11 is 1.21. The molecule has 1 aromatic heterocycles. The summed E-state index contributed by atoms with van der Waals surface area (Å²) in [5, 5.41) is 0. The molecule has 9 heteroatoms. The molecule has 0 saturated carbocycles. The smallest absolute Gasteiger partial charge is 0.324 e. The van der Waals surface area contributed by atoms with Crippen molar-refractivity contribution in [3.05, 3.63) is 21.9 Å². The van der Waals surface area contributed by atoms with E-state index in [0.29, 0.717) is 17.7 Å². The van der Waals surface area contributed by atoms with Gasteiger partial charge < -0.3 is 4.74 Å². The number of thiophene rings is 1. The predicted molar refractivity (Wildman–Crippen MR) is 81.8 cm³/mol. The number of nitrogens with zero attached hydrogens (tertiary/aromatic N) is 1. The van der Waals surface area contributed by atoms with Crippen molar-refractivity contribution >= 4 is 33.4 Å². The molecule has 0 aromatic carbocycles. The lowest BCUT2D eigenvalue weighted by molar-refractivity contribution is -0.146. The number of aryl methyl sites for hydroxylation is 1. The predicted octanol–water partition coefficient (Wildman–Crippen LogP) is 1.06. The molecule has 0 aliphatic carbocycles. The fourth-order valence-corrected chi connectivity index (χ4v) is 4.47. The van der Waals surface area contributed by atoms with Crippen LogP contribution >= 0.6 is 11.3 Å². The highest BCUT2D eigenvalue weighted by molar-refractivity contribution is 7.87. The molecule has 0 radical (unpaired) electrons. The molecule has 1 aliphatic heterocycles. The minimum absolute atomic E-state index is 0.185. The molecule has 2 heterocycles. The van der Waals surface area contributed by atoms with Crippen molar-refractivity contribution in [3.63, 3.8) is 0 Å². The number of hydrogen-bond acceptors (Lipinski definition) is 6. The van der Waals surface area contributed by atoms with E-state index in [1.165, 1.54) is 11.3 Å². The summed E-state index contributed by atoms with van der Waals surface area (Å²) in [6, 6.07) is 2.44. The van der Waals surface area contributed by atoms with Gasteiger partial charge in [0.2, 0.25) is 0 Å². The minimum Gasteiger partial charge on any atom is -0.465 e. The first-order chi connectivity index (χ1) is 10.3. The van der Waals surface area contributed by atoms with Crippen molar-refractivity contribution in [3.8, 4) is 0 Å². The molecule has 1 amide bonds. The van der Waals surface area contributed by atoms with Crippen LogP contribution < -0.4 is 4.72 Å². The van der Waals surface area contributed by atoms with Gasteiger partial charge >= 0.3 is 16.2 Å². The lowest BCUT2D eigenvalue weighted by Gasteiger charge is -2.22. The Labute approximate surface area is 133 Å². The van der Waals surface area contributed by atoms with Gasteiger partial charge in [0.05, 0.1) is 11.5 Å². The number of carbonyl (C=O) groups is 2. The number of rotatable bonds is 5. The van der Waals surface area contributed by atoms with E-state index < -0.39 is 28.1 Å². The highest BCUT2D eigenvalue weighted by atomic mass is 32.2. The van der Waals surface area contributed by atoms with Gasteiger partial charge in [0.15, 0.2) is 0 Å².